The smallest absolute Gasteiger partial charge is 0.255 e. The molecule has 0 atom stereocenters. The molecular formula is C24H24N4O2. The molecule has 0 unspecified atom stereocenters. The number of para-hydroxylation sites is 2. The lowest BCUT2D eigenvalue weighted by atomic mass is 10.1. The van der Waals surface area contributed by atoms with E-state index < -0.39 is 5.91 Å². The Kier molecular flexibility index (Phi) is 5.14. The number of fused-ring (bicyclic) bond motifs is 1. The van der Waals surface area contributed by atoms with Crippen molar-refractivity contribution < 1.29 is 9.53 Å². The Morgan fingerprint density at radius 1 is 1.00 bits per heavy atom. The van der Waals surface area contributed by atoms with Crippen LogP contribution < -0.4 is 15.8 Å². The summed E-state index contributed by atoms with van der Waals surface area (Å²) in [5.74, 6) is 0.877. The van der Waals surface area contributed by atoms with E-state index in [1.165, 1.54) is 0 Å². The van der Waals surface area contributed by atoms with Crippen molar-refractivity contribution in [2.75, 3.05) is 11.9 Å². The molecule has 4 rings (SSSR count). The van der Waals surface area contributed by atoms with Gasteiger partial charge in [-0.2, -0.15) is 0 Å². The largest absolute Gasteiger partial charge is 0.483 e. The first-order valence-electron chi connectivity index (χ1n) is 9.77. The highest BCUT2D eigenvalue weighted by Crippen LogP contribution is 2.38. The average molecular weight is 400 g/mol. The summed E-state index contributed by atoms with van der Waals surface area (Å²) in [6, 6.07) is 19.7. The highest BCUT2D eigenvalue weighted by Gasteiger charge is 2.20. The molecule has 0 fully saturated rings. The first kappa shape index (κ1) is 19.5. The summed E-state index contributed by atoms with van der Waals surface area (Å²) >= 11 is 0. The minimum atomic E-state index is -0.524. The number of carbonyl (C=O) groups is 1. The average Bonchev–Trinajstić information content (AvgIpc) is 3.09. The fourth-order valence-electron chi connectivity index (χ4n) is 3.62. The maximum absolute atomic E-state index is 11.3. The van der Waals surface area contributed by atoms with Crippen LogP contribution in [0.2, 0.25) is 0 Å². The zero-order valence-electron chi connectivity index (χ0n) is 17.3. The number of ether oxygens (including phenoxy) is 1. The number of amides is 1. The zero-order chi connectivity index (χ0) is 21.3. The fraction of sp³-hybridized carbons (Fsp3) is 0.167. The van der Waals surface area contributed by atoms with Crippen LogP contribution in [0.4, 0.5) is 11.5 Å². The van der Waals surface area contributed by atoms with E-state index in [4.69, 9.17) is 15.5 Å². The second kappa shape index (κ2) is 7.91. The Morgan fingerprint density at radius 3 is 2.43 bits per heavy atom. The van der Waals surface area contributed by atoms with Crippen LogP contribution in [-0.2, 0) is 4.79 Å². The van der Waals surface area contributed by atoms with Gasteiger partial charge in [0.15, 0.2) is 6.61 Å². The van der Waals surface area contributed by atoms with Crippen molar-refractivity contribution >= 4 is 23.1 Å². The van der Waals surface area contributed by atoms with Gasteiger partial charge in [0.25, 0.3) is 5.91 Å². The van der Waals surface area contributed by atoms with Crippen molar-refractivity contribution in [1.82, 2.24) is 9.38 Å². The van der Waals surface area contributed by atoms with E-state index in [1.54, 1.807) is 0 Å². The molecule has 0 radical (unpaired) electrons. The zero-order valence-corrected chi connectivity index (χ0v) is 17.3. The highest BCUT2D eigenvalue weighted by molar-refractivity contribution is 5.84. The Labute approximate surface area is 175 Å². The number of benzene rings is 2. The summed E-state index contributed by atoms with van der Waals surface area (Å²) in [7, 11) is 0. The van der Waals surface area contributed by atoms with Crippen LogP contribution in [0, 0.1) is 20.8 Å². The number of hydrogen-bond donors (Lipinski definition) is 2. The molecular weight excluding hydrogens is 376 g/mol. The molecule has 0 aliphatic rings. The molecule has 30 heavy (non-hydrogen) atoms. The molecule has 4 aromatic rings. The summed E-state index contributed by atoms with van der Waals surface area (Å²) in [6.07, 6.45) is 0. The number of pyridine rings is 1. The number of rotatable bonds is 6. The van der Waals surface area contributed by atoms with Crippen LogP contribution in [0.3, 0.4) is 0 Å². The predicted molar refractivity (Wildman–Crippen MR) is 119 cm³/mol. The van der Waals surface area contributed by atoms with Crippen LogP contribution in [0.25, 0.3) is 16.9 Å². The van der Waals surface area contributed by atoms with E-state index in [-0.39, 0.29) is 6.61 Å². The third-order valence-corrected chi connectivity index (χ3v) is 5.08. The van der Waals surface area contributed by atoms with Crippen LogP contribution in [-0.4, -0.2) is 21.9 Å². The van der Waals surface area contributed by atoms with Gasteiger partial charge in [-0.15, -0.1) is 0 Å². The lowest BCUT2D eigenvalue weighted by Crippen LogP contribution is -2.20. The molecule has 0 saturated carbocycles. The molecule has 6 heteroatoms. The number of aryl methyl sites for hydroxylation is 3. The van der Waals surface area contributed by atoms with Crippen molar-refractivity contribution in [2.24, 2.45) is 5.73 Å². The van der Waals surface area contributed by atoms with Gasteiger partial charge < -0.3 is 15.8 Å². The van der Waals surface area contributed by atoms with Crippen LogP contribution in [0.5, 0.6) is 5.75 Å². The molecule has 0 spiro atoms. The Bertz CT molecular complexity index is 1220. The van der Waals surface area contributed by atoms with Crippen LogP contribution in [0.15, 0.2) is 60.7 Å². The number of nitrogens with zero attached hydrogens (tertiary/aromatic N) is 2. The van der Waals surface area contributed by atoms with Gasteiger partial charge >= 0.3 is 0 Å². The van der Waals surface area contributed by atoms with Gasteiger partial charge in [0, 0.05) is 16.9 Å². The topological polar surface area (TPSA) is 81.6 Å². The number of carbonyl (C=O) groups excluding carboxylic acids is 1. The quantitative estimate of drug-likeness (QED) is 0.498. The van der Waals surface area contributed by atoms with E-state index in [0.29, 0.717) is 5.75 Å². The minimum Gasteiger partial charge on any atom is -0.483 e. The van der Waals surface area contributed by atoms with E-state index in [0.717, 1.165) is 45.2 Å². The molecule has 0 aliphatic carbocycles. The second-order valence-corrected chi connectivity index (χ2v) is 7.31. The predicted octanol–water partition coefficient (Wildman–Crippen LogP) is 4.53. The number of nitrogens with two attached hydrogens (primary N) is 1. The third kappa shape index (κ3) is 3.59. The molecule has 152 valence electrons. The van der Waals surface area contributed by atoms with Crippen molar-refractivity contribution in [2.45, 2.75) is 20.8 Å². The Morgan fingerprint density at radius 2 is 1.70 bits per heavy atom. The molecule has 2 aromatic carbocycles. The molecule has 0 bridgehead atoms. The number of imidazole rings is 1. The molecule has 6 nitrogen and oxygen atoms in total. The minimum absolute atomic E-state index is 0.191. The Balaban J connectivity index is 1.93. The summed E-state index contributed by atoms with van der Waals surface area (Å²) in [4.78, 5) is 16.1. The van der Waals surface area contributed by atoms with Crippen LogP contribution >= 0.6 is 0 Å². The lowest BCUT2D eigenvalue weighted by Gasteiger charge is -2.16. The van der Waals surface area contributed by atoms with Crippen molar-refractivity contribution in [3.8, 4) is 17.0 Å². The number of anilines is 2. The number of aromatic nitrogens is 2. The summed E-state index contributed by atoms with van der Waals surface area (Å²) < 4.78 is 7.77. The molecule has 2 aromatic heterocycles. The van der Waals surface area contributed by atoms with Gasteiger partial charge in [0.05, 0.1) is 0 Å². The first-order chi connectivity index (χ1) is 14.5. The molecule has 0 aliphatic heterocycles. The Hall–Kier alpha value is -3.80. The maximum Gasteiger partial charge on any atom is 0.255 e. The van der Waals surface area contributed by atoms with E-state index in [9.17, 15) is 4.79 Å². The van der Waals surface area contributed by atoms with Gasteiger partial charge in [-0.05, 0) is 56.2 Å². The second-order valence-electron chi connectivity index (χ2n) is 7.31. The fourth-order valence-corrected chi connectivity index (χ4v) is 3.62. The summed E-state index contributed by atoms with van der Waals surface area (Å²) in [5, 5.41) is 3.62. The monoisotopic (exact) mass is 400 g/mol. The van der Waals surface area contributed by atoms with Crippen molar-refractivity contribution in [3.63, 3.8) is 0 Å². The molecule has 3 N–H and O–H groups in total. The van der Waals surface area contributed by atoms with Gasteiger partial charge in [-0.25, -0.2) is 4.98 Å². The van der Waals surface area contributed by atoms with Crippen molar-refractivity contribution in [3.05, 3.63) is 77.5 Å². The van der Waals surface area contributed by atoms with E-state index in [2.05, 4.69) is 35.7 Å². The molecule has 0 saturated heterocycles. The normalized spacial score (nSPS) is 10.9. The SMILES string of the molecule is Cc1cccc(C)c1Nc1c(-c2ccccc2OCC(N)=O)nc2cccc(C)n12. The van der Waals surface area contributed by atoms with Gasteiger partial charge in [-0.1, -0.05) is 36.4 Å². The standard InChI is InChI=1S/C24H24N4O2/c1-15-8-6-9-16(2)22(15)27-24-23(26-21-13-7-10-17(3)28(21)24)18-11-4-5-12-19(18)30-14-20(25)29/h4-13,27H,14H2,1-3H3,(H2,25,29). The third-order valence-electron chi connectivity index (χ3n) is 5.08. The number of primary amides is 1. The lowest BCUT2D eigenvalue weighted by molar-refractivity contribution is -0.119. The highest BCUT2D eigenvalue weighted by atomic mass is 16.5. The van der Waals surface area contributed by atoms with Crippen molar-refractivity contribution in [1.29, 1.82) is 0 Å². The molecule has 2 heterocycles. The maximum atomic E-state index is 11.3. The van der Waals surface area contributed by atoms with E-state index >= 15 is 0 Å². The summed E-state index contributed by atoms with van der Waals surface area (Å²) in [5.41, 5.74) is 12.0. The van der Waals surface area contributed by atoms with E-state index in [1.807, 2.05) is 55.5 Å². The molecule has 1 amide bonds. The van der Waals surface area contributed by atoms with Gasteiger partial charge in [0.1, 0.15) is 22.9 Å². The number of nitrogens with one attached hydrogen (secondary N) is 1. The summed E-state index contributed by atoms with van der Waals surface area (Å²) in [6.45, 7) is 6.01. The van der Waals surface area contributed by atoms with Crippen LogP contribution in [0.1, 0.15) is 16.8 Å². The number of hydrogen-bond acceptors (Lipinski definition) is 4. The first-order valence-corrected chi connectivity index (χ1v) is 9.77. The van der Waals surface area contributed by atoms with Gasteiger partial charge in [0.2, 0.25) is 0 Å². The van der Waals surface area contributed by atoms with Gasteiger partial charge in [-0.3, -0.25) is 9.20 Å².